The van der Waals surface area contributed by atoms with Crippen molar-refractivity contribution in [3.63, 3.8) is 0 Å². The van der Waals surface area contributed by atoms with E-state index in [0.29, 0.717) is 6.42 Å². The predicted octanol–water partition coefficient (Wildman–Crippen LogP) is 2.84. The highest BCUT2D eigenvalue weighted by atomic mass is 16.3. The number of fused-ring (bicyclic) bond motifs is 1. The van der Waals surface area contributed by atoms with E-state index in [-0.39, 0.29) is 12.1 Å². The van der Waals surface area contributed by atoms with Crippen LogP contribution in [0.5, 0.6) is 0 Å². The molecule has 1 aliphatic rings. The molecule has 0 heterocycles. The van der Waals surface area contributed by atoms with Crippen molar-refractivity contribution in [2.45, 2.75) is 25.5 Å². The molecule has 0 aliphatic heterocycles. The minimum Gasteiger partial charge on any atom is -0.390 e. The van der Waals surface area contributed by atoms with Gasteiger partial charge in [-0.15, -0.1) is 0 Å². The molecule has 3 rings (SSSR count). The molecule has 1 aliphatic carbocycles. The summed E-state index contributed by atoms with van der Waals surface area (Å²) in [5.41, 5.74) is 4.91. The van der Waals surface area contributed by atoms with Gasteiger partial charge in [0.1, 0.15) is 0 Å². The Balaban J connectivity index is 1.70. The largest absolute Gasteiger partial charge is 0.390 e. The van der Waals surface area contributed by atoms with Gasteiger partial charge in [-0.3, -0.25) is 0 Å². The molecule has 3 N–H and O–H groups in total. The number of amides is 2. The molecule has 126 valence electrons. The number of benzene rings is 2. The molecule has 0 aromatic heterocycles. The van der Waals surface area contributed by atoms with E-state index in [1.54, 1.807) is 0 Å². The molecule has 5 heteroatoms. The number of aryl methyl sites for hydroxylation is 1. The maximum atomic E-state index is 12.4. The first kappa shape index (κ1) is 16.3. The molecule has 24 heavy (non-hydrogen) atoms. The number of carbonyl (C=O) groups excluding carboxylic acids is 1. The van der Waals surface area contributed by atoms with Crippen molar-refractivity contribution in [3.8, 4) is 0 Å². The summed E-state index contributed by atoms with van der Waals surface area (Å²) in [4.78, 5) is 14.4. The summed E-state index contributed by atoms with van der Waals surface area (Å²) in [6, 6.07) is 13.0. The first-order chi connectivity index (χ1) is 11.5. The molecule has 0 unspecified atom stereocenters. The van der Waals surface area contributed by atoms with Gasteiger partial charge in [0.25, 0.3) is 0 Å². The molecule has 0 bridgehead atoms. The lowest BCUT2D eigenvalue weighted by molar-refractivity contribution is 0.144. The lowest BCUT2D eigenvalue weighted by Crippen LogP contribution is -2.36. The van der Waals surface area contributed by atoms with E-state index in [0.717, 1.165) is 28.1 Å². The van der Waals surface area contributed by atoms with Crippen molar-refractivity contribution < 1.29 is 9.90 Å². The molecule has 0 fully saturated rings. The van der Waals surface area contributed by atoms with Crippen molar-refractivity contribution in [3.05, 3.63) is 59.2 Å². The summed E-state index contributed by atoms with van der Waals surface area (Å²) in [5.74, 6) is 0. The molecule has 0 radical (unpaired) electrons. The van der Waals surface area contributed by atoms with Gasteiger partial charge in [-0.25, -0.2) is 4.79 Å². The van der Waals surface area contributed by atoms with E-state index < -0.39 is 6.10 Å². The summed E-state index contributed by atoms with van der Waals surface area (Å²) in [7, 11) is 3.96. The number of aliphatic hydroxyl groups excluding tert-OH is 1. The number of nitrogens with zero attached hydrogens (tertiary/aromatic N) is 1. The Morgan fingerprint density at radius 3 is 2.67 bits per heavy atom. The molecular formula is C19H23N3O2. The van der Waals surface area contributed by atoms with E-state index in [1.165, 1.54) is 0 Å². The summed E-state index contributed by atoms with van der Waals surface area (Å²) in [6.07, 6.45) is -0.0251. The van der Waals surface area contributed by atoms with E-state index in [1.807, 2.05) is 68.4 Å². The molecule has 2 atom stereocenters. The van der Waals surface area contributed by atoms with E-state index in [4.69, 9.17) is 0 Å². The summed E-state index contributed by atoms with van der Waals surface area (Å²) < 4.78 is 0. The first-order valence-electron chi connectivity index (χ1n) is 8.07. The lowest BCUT2D eigenvalue weighted by atomic mass is 10.1. The topological polar surface area (TPSA) is 64.6 Å². The molecule has 2 aromatic carbocycles. The normalized spacial score (nSPS) is 18.8. The van der Waals surface area contributed by atoms with Crippen LogP contribution in [-0.4, -0.2) is 31.3 Å². The Kier molecular flexibility index (Phi) is 4.44. The maximum Gasteiger partial charge on any atom is 0.319 e. The average molecular weight is 325 g/mol. The van der Waals surface area contributed by atoms with Gasteiger partial charge in [-0.05, 0) is 41.8 Å². The third-order valence-corrected chi connectivity index (χ3v) is 4.47. The van der Waals surface area contributed by atoms with Crippen molar-refractivity contribution in [2.24, 2.45) is 0 Å². The van der Waals surface area contributed by atoms with Crippen molar-refractivity contribution in [1.29, 1.82) is 0 Å². The van der Waals surface area contributed by atoms with Crippen LogP contribution in [0.25, 0.3) is 0 Å². The Morgan fingerprint density at radius 1 is 1.21 bits per heavy atom. The number of nitrogens with one attached hydrogen (secondary N) is 2. The van der Waals surface area contributed by atoms with Gasteiger partial charge < -0.3 is 20.6 Å². The second-order valence-electron chi connectivity index (χ2n) is 6.44. The van der Waals surface area contributed by atoms with Gasteiger partial charge >= 0.3 is 6.03 Å². The Hall–Kier alpha value is -2.53. The number of urea groups is 1. The summed E-state index contributed by atoms with van der Waals surface area (Å²) in [6.45, 7) is 1.96. The van der Waals surface area contributed by atoms with Crippen LogP contribution in [-0.2, 0) is 6.42 Å². The van der Waals surface area contributed by atoms with Crippen LogP contribution in [0.2, 0.25) is 0 Å². The van der Waals surface area contributed by atoms with Crippen LogP contribution >= 0.6 is 0 Å². The third kappa shape index (κ3) is 3.21. The summed E-state index contributed by atoms with van der Waals surface area (Å²) >= 11 is 0. The molecule has 2 aromatic rings. The Labute approximate surface area is 142 Å². The van der Waals surface area contributed by atoms with Crippen LogP contribution in [0.1, 0.15) is 22.7 Å². The van der Waals surface area contributed by atoms with Gasteiger partial charge in [0.05, 0.1) is 12.1 Å². The zero-order valence-electron chi connectivity index (χ0n) is 14.2. The Bertz CT molecular complexity index is 758. The molecule has 0 saturated heterocycles. The van der Waals surface area contributed by atoms with E-state index in [9.17, 15) is 9.90 Å². The van der Waals surface area contributed by atoms with E-state index >= 15 is 0 Å². The quantitative estimate of drug-likeness (QED) is 0.813. The predicted molar refractivity (Wildman–Crippen MR) is 96.6 cm³/mol. The fourth-order valence-corrected chi connectivity index (χ4v) is 3.11. The number of hydrogen-bond donors (Lipinski definition) is 3. The minimum absolute atomic E-state index is 0.309. The standard InChI is InChI=1S/C19H23N3O2/c1-12-10-14(22(2)3)8-9-16(12)20-19(24)21-18-15-7-5-4-6-13(15)11-17(18)23/h4-10,17-18,23H,11H2,1-3H3,(H2,20,21,24)/t17-,18+/m0/s1. The molecular weight excluding hydrogens is 302 g/mol. The number of anilines is 2. The van der Waals surface area contributed by atoms with Crippen molar-refractivity contribution in [1.82, 2.24) is 5.32 Å². The van der Waals surface area contributed by atoms with Crippen LogP contribution < -0.4 is 15.5 Å². The fraction of sp³-hybridized carbons (Fsp3) is 0.316. The number of aliphatic hydroxyl groups is 1. The monoisotopic (exact) mass is 325 g/mol. The van der Waals surface area contributed by atoms with Gasteiger partial charge in [-0.1, -0.05) is 24.3 Å². The van der Waals surface area contributed by atoms with Crippen LogP contribution in [0, 0.1) is 6.92 Å². The molecule has 2 amide bonds. The van der Waals surface area contributed by atoms with Crippen LogP contribution in [0.15, 0.2) is 42.5 Å². The van der Waals surface area contributed by atoms with Gasteiger partial charge in [-0.2, -0.15) is 0 Å². The average Bonchev–Trinajstić information content (AvgIpc) is 2.85. The lowest BCUT2D eigenvalue weighted by Gasteiger charge is -2.20. The van der Waals surface area contributed by atoms with Gasteiger partial charge in [0, 0.05) is 31.9 Å². The third-order valence-electron chi connectivity index (χ3n) is 4.47. The molecule has 0 saturated carbocycles. The van der Waals surface area contributed by atoms with E-state index in [2.05, 4.69) is 10.6 Å². The van der Waals surface area contributed by atoms with Crippen molar-refractivity contribution >= 4 is 17.4 Å². The highest BCUT2D eigenvalue weighted by Gasteiger charge is 2.31. The zero-order valence-corrected chi connectivity index (χ0v) is 14.2. The second-order valence-corrected chi connectivity index (χ2v) is 6.44. The molecule has 0 spiro atoms. The SMILES string of the molecule is Cc1cc(N(C)C)ccc1NC(=O)N[C@@H]1c2ccccc2C[C@@H]1O. The zero-order chi connectivity index (χ0) is 17.3. The van der Waals surface area contributed by atoms with Crippen molar-refractivity contribution in [2.75, 3.05) is 24.3 Å². The highest BCUT2D eigenvalue weighted by Crippen LogP contribution is 2.31. The second kappa shape index (κ2) is 6.53. The minimum atomic E-state index is -0.592. The number of carbonyl (C=O) groups is 1. The Morgan fingerprint density at radius 2 is 1.96 bits per heavy atom. The fourth-order valence-electron chi connectivity index (χ4n) is 3.11. The highest BCUT2D eigenvalue weighted by molar-refractivity contribution is 5.90. The van der Waals surface area contributed by atoms with Gasteiger partial charge in [0.15, 0.2) is 0 Å². The molecule has 5 nitrogen and oxygen atoms in total. The van der Waals surface area contributed by atoms with Crippen LogP contribution in [0.4, 0.5) is 16.2 Å². The smallest absolute Gasteiger partial charge is 0.319 e. The number of hydrogen-bond acceptors (Lipinski definition) is 3. The first-order valence-corrected chi connectivity index (χ1v) is 8.07. The maximum absolute atomic E-state index is 12.4. The van der Waals surface area contributed by atoms with Gasteiger partial charge in [0.2, 0.25) is 0 Å². The summed E-state index contributed by atoms with van der Waals surface area (Å²) in [5, 5.41) is 16.0. The number of rotatable bonds is 3. The van der Waals surface area contributed by atoms with Crippen LogP contribution in [0.3, 0.4) is 0 Å².